The van der Waals surface area contributed by atoms with Crippen molar-refractivity contribution in [1.29, 1.82) is 0 Å². The van der Waals surface area contributed by atoms with E-state index in [1.165, 1.54) is 21.5 Å². The van der Waals surface area contributed by atoms with Crippen molar-refractivity contribution >= 4 is 143 Å². The SMILES string of the molecule is c1ccc(N(c2ccc3c(c2)oc2cc4c(cc23)c2c3c(ccc5ccccc53)c(N(c3ccccc3)c3cccc5c3oc3ccccc35)cc2n4-c2ccccc2)c2cccc3c2oc2ccccc23)cc1. The molecule has 0 radical (unpaired) electrons. The van der Waals surface area contributed by atoms with E-state index in [0.717, 1.165) is 127 Å². The molecule has 6 heteroatoms. The molecule has 0 aliphatic heterocycles. The summed E-state index contributed by atoms with van der Waals surface area (Å²) in [6.45, 7) is 0. The number of hydrogen-bond donors (Lipinski definition) is 0. The Morgan fingerprint density at radius 2 is 0.811 bits per heavy atom. The number of benzene rings is 12. The smallest absolute Gasteiger partial charge is 0.159 e. The van der Waals surface area contributed by atoms with Gasteiger partial charge in [-0.15, -0.1) is 0 Å². The van der Waals surface area contributed by atoms with Gasteiger partial charge in [0.2, 0.25) is 0 Å². The minimum Gasteiger partial charge on any atom is -0.456 e. The maximum absolute atomic E-state index is 7.06. The third kappa shape index (κ3) is 5.94. The summed E-state index contributed by atoms with van der Waals surface area (Å²) in [6.07, 6.45) is 0. The number of aromatic nitrogens is 1. The van der Waals surface area contributed by atoms with Crippen molar-refractivity contribution in [2.75, 3.05) is 9.80 Å². The van der Waals surface area contributed by atoms with Gasteiger partial charge in [-0.3, -0.25) is 0 Å². The molecule has 0 amide bonds. The lowest BCUT2D eigenvalue weighted by molar-refractivity contribution is 0.667. The lowest BCUT2D eigenvalue weighted by Gasteiger charge is -2.27. The summed E-state index contributed by atoms with van der Waals surface area (Å²) in [6, 6.07) is 88.3. The van der Waals surface area contributed by atoms with Gasteiger partial charge in [0.25, 0.3) is 0 Å². The molecule has 0 saturated heterocycles. The zero-order valence-electron chi connectivity index (χ0n) is 39.7. The van der Waals surface area contributed by atoms with Gasteiger partial charge in [-0.25, -0.2) is 0 Å². The van der Waals surface area contributed by atoms with E-state index in [1.54, 1.807) is 0 Å². The van der Waals surface area contributed by atoms with Gasteiger partial charge in [-0.1, -0.05) is 152 Å². The van der Waals surface area contributed by atoms with Crippen molar-refractivity contribution in [2.45, 2.75) is 0 Å². The Balaban J connectivity index is 0.978. The van der Waals surface area contributed by atoms with Crippen molar-refractivity contribution in [3.63, 3.8) is 0 Å². The largest absolute Gasteiger partial charge is 0.456 e. The first kappa shape index (κ1) is 40.7. The molecule has 0 saturated carbocycles. The molecule has 0 aliphatic rings. The zero-order valence-corrected chi connectivity index (χ0v) is 39.7. The third-order valence-corrected chi connectivity index (χ3v) is 15.1. The quantitative estimate of drug-likeness (QED) is 0.149. The second kappa shape index (κ2) is 15.7. The van der Waals surface area contributed by atoms with E-state index in [2.05, 4.69) is 245 Å². The summed E-state index contributed by atoms with van der Waals surface area (Å²) in [5.41, 5.74) is 14.2. The molecule has 16 rings (SSSR count). The Morgan fingerprint density at radius 1 is 0.270 bits per heavy atom. The van der Waals surface area contributed by atoms with E-state index in [-0.39, 0.29) is 0 Å². The molecule has 16 aromatic rings. The van der Waals surface area contributed by atoms with Crippen LogP contribution < -0.4 is 9.80 Å². The molecular formula is C68H41N3O3. The highest BCUT2D eigenvalue weighted by Gasteiger charge is 2.27. The molecule has 0 N–H and O–H groups in total. The number of furan rings is 3. The average Bonchev–Trinajstić information content (AvgIpc) is 4.25. The summed E-state index contributed by atoms with van der Waals surface area (Å²) in [7, 11) is 0. The van der Waals surface area contributed by atoms with Crippen LogP contribution in [0.3, 0.4) is 0 Å². The second-order valence-corrected chi connectivity index (χ2v) is 19.2. The minimum absolute atomic E-state index is 0.800. The highest BCUT2D eigenvalue weighted by molar-refractivity contribution is 6.33. The van der Waals surface area contributed by atoms with Gasteiger partial charge in [0.1, 0.15) is 22.3 Å². The van der Waals surface area contributed by atoms with Crippen LogP contribution in [0.4, 0.5) is 34.1 Å². The van der Waals surface area contributed by atoms with E-state index in [0.29, 0.717) is 0 Å². The van der Waals surface area contributed by atoms with Crippen LogP contribution in [0, 0.1) is 0 Å². The van der Waals surface area contributed by atoms with Crippen LogP contribution in [0.5, 0.6) is 0 Å². The Morgan fingerprint density at radius 3 is 1.50 bits per heavy atom. The van der Waals surface area contributed by atoms with Gasteiger partial charge in [0.15, 0.2) is 11.2 Å². The van der Waals surface area contributed by atoms with Gasteiger partial charge in [0, 0.05) is 83.1 Å². The molecule has 4 aromatic heterocycles. The summed E-state index contributed by atoms with van der Waals surface area (Å²) in [5, 5.41) is 13.4. The van der Waals surface area contributed by atoms with E-state index in [4.69, 9.17) is 13.3 Å². The maximum atomic E-state index is 7.06. The Hall–Kier alpha value is -10.0. The van der Waals surface area contributed by atoms with Gasteiger partial charge in [-0.2, -0.15) is 0 Å². The average molecular weight is 948 g/mol. The van der Waals surface area contributed by atoms with Crippen LogP contribution >= 0.6 is 0 Å². The fraction of sp³-hybridized carbons (Fsp3) is 0. The van der Waals surface area contributed by atoms with Gasteiger partial charge in [0.05, 0.1) is 33.8 Å². The van der Waals surface area contributed by atoms with Crippen LogP contribution in [0.2, 0.25) is 0 Å². The zero-order chi connectivity index (χ0) is 48.4. The number of nitrogens with zero attached hydrogens (tertiary/aromatic N) is 3. The summed E-state index contributed by atoms with van der Waals surface area (Å²) < 4.78 is 22.9. The first-order valence-corrected chi connectivity index (χ1v) is 25.1. The van der Waals surface area contributed by atoms with Crippen molar-refractivity contribution < 1.29 is 13.3 Å². The maximum Gasteiger partial charge on any atom is 0.159 e. The molecule has 6 nitrogen and oxygen atoms in total. The topological polar surface area (TPSA) is 50.8 Å². The van der Waals surface area contributed by atoms with Crippen LogP contribution in [0.25, 0.3) is 115 Å². The lowest BCUT2D eigenvalue weighted by atomic mass is 9.95. The number of hydrogen-bond acceptors (Lipinski definition) is 5. The van der Waals surface area contributed by atoms with E-state index >= 15 is 0 Å². The molecule has 346 valence electrons. The summed E-state index contributed by atoms with van der Waals surface area (Å²) in [4.78, 5) is 4.66. The Kier molecular flexibility index (Phi) is 8.64. The highest BCUT2D eigenvalue weighted by Crippen LogP contribution is 2.51. The minimum atomic E-state index is 0.800. The number of para-hydroxylation sites is 7. The molecule has 4 heterocycles. The Bertz CT molecular complexity index is 4910. The molecule has 0 atom stereocenters. The normalized spacial score (nSPS) is 12.1. The second-order valence-electron chi connectivity index (χ2n) is 19.2. The first-order chi connectivity index (χ1) is 36.7. The number of rotatable bonds is 7. The molecule has 12 aromatic carbocycles. The van der Waals surface area contributed by atoms with Gasteiger partial charge >= 0.3 is 0 Å². The van der Waals surface area contributed by atoms with Crippen molar-refractivity contribution in [2.24, 2.45) is 0 Å². The lowest BCUT2D eigenvalue weighted by Crippen LogP contribution is -2.11. The molecule has 0 unspecified atom stereocenters. The van der Waals surface area contributed by atoms with Gasteiger partial charge < -0.3 is 27.6 Å². The van der Waals surface area contributed by atoms with Crippen molar-refractivity contribution in [1.82, 2.24) is 4.57 Å². The van der Waals surface area contributed by atoms with Crippen LogP contribution in [-0.2, 0) is 0 Å². The fourth-order valence-corrected chi connectivity index (χ4v) is 11.9. The molecule has 0 fully saturated rings. The monoisotopic (exact) mass is 947 g/mol. The van der Waals surface area contributed by atoms with E-state index in [1.807, 2.05) is 18.2 Å². The molecular weight excluding hydrogens is 907 g/mol. The highest BCUT2D eigenvalue weighted by atomic mass is 16.3. The van der Waals surface area contributed by atoms with Crippen LogP contribution in [0.15, 0.2) is 262 Å². The van der Waals surface area contributed by atoms with Crippen LogP contribution in [0.1, 0.15) is 0 Å². The third-order valence-electron chi connectivity index (χ3n) is 15.1. The summed E-state index contributed by atoms with van der Waals surface area (Å²) in [5.74, 6) is 0. The molecule has 0 spiro atoms. The van der Waals surface area contributed by atoms with Crippen molar-refractivity contribution in [3.8, 4) is 5.69 Å². The predicted octanol–water partition coefficient (Wildman–Crippen LogP) is 19.7. The predicted molar refractivity (Wildman–Crippen MR) is 307 cm³/mol. The summed E-state index contributed by atoms with van der Waals surface area (Å²) >= 11 is 0. The van der Waals surface area contributed by atoms with Crippen LogP contribution in [-0.4, -0.2) is 4.57 Å². The number of anilines is 6. The van der Waals surface area contributed by atoms with E-state index in [9.17, 15) is 0 Å². The standard InChI is InChI=1S/C68H41N3O3/c1-4-19-43(20-5-1)69(56-30-16-28-51-48-26-12-14-32-61(48)73-67(51)56)46-35-37-50-54-39-55-59(41-64(54)72-63(50)38-46)71(45-23-8-3-9-24-45)60-40-58(53-36-34-42-18-10-11-25-47(42)65(53)66(55)60)70(44-21-6-2-7-22-44)57-31-17-29-52-49-27-13-15-33-62(49)74-68(52)57/h1-41H. The Labute approximate surface area is 423 Å². The number of fused-ring (bicyclic) bond motifs is 16. The van der Waals surface area contributed by atoms with Gasteiger partial charge in [-0.05, 0) is 95.7 Å². The molecule has 0 bridgehead atoms. The fourth-order valence-electron chi connectivity index (χ4n) is 11.9. The molecule has 0 aliphatic carbocycles. The first-order valence-electron chi connectivity index (χ1n) is 25.1. The van der Waals surface area contributed by atoms with E-state index < -0.39 is 0 Å². The van der Waals surface area contributed by atoms with Crippen molar-refractivity contribution in [3.05, 3.63) is 249 Å². The molecule has 74 heavy (non-hydrogen) atoms.